The molecule has 2 aromatic carbocycles. The van der Waals surface area contributed by atoms with Gasteiger partial charge in [-0.15, -0.1) is 0 Å². The van der Waals surface area contributed by atoms with Crippen molar-refractivity contribution in [2.45, 2.75) is 19.8 Å². The first-order chi connectivity index (χ1) is 11.1. The topological polar surface area (TPSA) is 41.1 Å². The van der Waals surface area contributed by atoms with Crippen LogP contribution >= 0.6 is 11.6 Å². The Kier molecular flexibility index (Phi) is 6.56. The van der Waals surface area contributed by atoms with Crippen molar-refractivity contribution in [2.24, 2.45) is 0 Å². The van der Waals surface area contributed by atoms with Crippen molar-refractivity contribution in [3.8, 4) is 0 Å². The summed E-state index contributed by atoms with van der Waals surface area (Å²) in [5.41, 5.74) is 2.34. The van der Waals surface area contributed by atoms with Crippen LogP contribution in [0.25, 0.3) is 0 Å². The SMILES string of the molecule is Cc1ccc(NC(=O)CCNCCc2ccccc2F)cc1Cl. The lowest BCUT2D eigenvalue weighted by Gasteiger charge is -2.08. The van der Waals surface area contributed by atoms with Crippen LogP contribution in [0.1, 0.15) is 17.5 Å². The molecule has 0 saturated carbocycles. The Morgan fingerprint density at radius 2 is 1.96 bits per heavy atom. The molecular weight excluding hydrogens is 315 g/mol. The fraction of sp³-hybridized carbons (Fsp3) is 0.278. The molecule has 3 nitrogen and oxygen atoms in total. The number of benzene rings is 2. The summed E-state index contributed by atoms with van der Waals surface area (Å²) in [7, 11) is 0. The van der Waals surface area contributed by atoms with Gasteiger partial charge in [0.05, 0.1) is 0 Å². The minimum atomic E-state index is -0.191. The fourth-order valence-electron chi connectivity index (χ4n) is 2.15. The second-order valence-corrected chi connectivity index (χ2v) is 5.76. The number of rotatable bonds is 7. The number of amides is 1. The lowest BCUT2D eigenvalue weighted by atomic mass is 10.1. The summed E-state index contributed by atoms with van der Waals surface area (Å²) in [4.78, 5) is 11.8. The zero-order valence-corrected chi connectivity index (χ0v) is 13.8. The van der Waals surface area contributed by atoms with E-state index in [4.69, 9.17) is 11.6 Å². The highest BCUT2D eigenvalue weighted by Gasteiger charge is 2.04. The molecule has 0 atom stereocenters. The molecule has 23 heavy (non-hydrogen) atoms. The lowest BCUT2D eigenvalue weighted by molar-refractivity contribution is -0.116. The summed E-state index contributed by atoms with van der Waals surface area (Å²) in [5.74, 6) is -0.272. The van der Waals surface area contributed by atoms with E-state index in [2.05, 4.69) is 10.6 Å². The third kappa shape index (κ3) is 5.66. The molecule has 0 aliphatic heterocycles. The molecule has 2 rings (SSSR count). The number of aryl methyl sites for hydroxylation is 1. The number of hydrogen-bond acceptors (Lipinski definition) is 2. The quantitative estimate of drug-likeness (QED) is 0.753. The molecule has 2 aromatic rings. The lowest BCUT2D eigenvalue weighted by Crippen LogP contribution is -2.23. The summed E-state index contributed by atoms with van der Waals surface area (Å²) in [5, 5.41) is 6.58. The van der Waals surface area contributed by atoms with Gasteiger partial charge in [0, 0.05) is 23.7 Å². The first-order valence-corrected chi connectivity index (χ1v) is 7.94. The molecule has 0 aromatic heterocycles. The molecule has 0 bridgehead atoms. The second-order valence-electron chi connectivity index (χ2n) is 5.35. The van der Waals surface area contributed by atoms with Gasteiger partial charge in [-0.1, -0.05) is 35.9 Å². The smallest absolute Gasteiger partial charge is 0.225 e. The number of halogens is 2. The average molecular weight is 335 g/mol. The molecule has 122 valence electrons. The van der Waals surface area contributed by atoms with Gasteiger partial charge >= 0.3 is 0 Å². The van der Waals surface area contributed by atoms with Crippen molar-refractivity contribution in [1.82, 2.24) is 5.32 Å². The second kappa shape index (κ2) is 8.65. The van der Waals surface area contributed by atoms with Crippen LogP contribution in [0.5, 0.6) is 0 Å². The number of nitrogens with one attached hydrogen (secondary N) is 2. The Balaban J connectivity index is 1.67. The van der Waals surface area contributed by atoms with Crippen LogP contribution in [0.4, 0.5) is 10.1 Å². The maximum absolute atomic E-state index is 13.4. The van der Waals surface area contributed by atoms with Crippen molar-refractivity contribution in [2.75, 3.05) is 18.4 Å². The zero-order chi connectivity index (χ0) is 16.7. The van der Waals surface area contributed by atoms with E-state index in [0.717, 1.165) is 5.56 Å². The molecule has 0 aliphatic rings. The minimum Gasteiger partial charge on any atom is -0.326 e. The summed E-state index contributed by atoms with van der Waals surface area (Å²) in [6, 6.07) is 12.1. The molecule has 1 amide bonds. The summed E-state index contributed by atoms with van der Waals surface area (Å²) >= 11 is 6.02. The van der Waals surface area contributed by atoms with E-state index in [0.29, 0.717) is 42.2 Å². The van der Waals surface area contributed by atoms with Crippen LogP contribution in [0.15, 0.2) is 42.5 Å². The fourth-order valence-corrected chi connectivity index (χ4v) is 2.33. The Labute approximate surface area is 140 Å². The van der Waals surface area contributed by atoms with Crippen LogP contribution < -0.4 is 10.6 Å². The molecular formula is C18H20ClFN2O. The van der Waals surface area contributed by atoms with Crippen molar-refractivity contribution in [1.29, 1.82) is 0 Å². The van der Waals surface area contributed by atoms with Crippen molar-refractivity contribution >= 4 is 23.2 Å². The highest BCUT2D eigenvalue weighted by Crippen LogP contribution is 2.19. The molecule has 0 saturated heterocycles. The number of anilines is 1. The number of carbonyl (C=O) groups is 1. The van der Waals surface area contributed by atoms with Crippen molar-refractivity contribution in [3.63, 3.8) is 0 Å². The molecule has 0 aliphatic carbocycles. The van der Waals surface area contributed by atoms with Crippen LogP contribution in [0.2, 0.25) is 5.02 Å². The third-order valence-corrected chi connectivity index (χ3v) is 3.92. The van der Waals surface area contributed by atoms with Gasteiger partial charge in [0.25, 0.3) is 0 Å². The molecule has 0 heterocycles. The Hall–Kier alpha value is -1.91. The van der Waals surface area contributed by atoms with E-state index in [1.807, 2.05) is 25.1 Å². The summed E-state index contributed by atoms with van der Waals surface area (Å²) < 4.78 is 13.4. The van der Waals surface area contributed by atoms with Gasteiger partial charge in [0.2, 0.25) is 5.91 Å². The third-order valence-electron chi connectivity index (χ3n) is 3.51. The highest BCUT2D eigenvalue weighted by molar-refractivity contribution is 6.31. The van der Waals surface area contributed by atoms with Crippen LogP contribution in [0.3, 0.4) is 0 Å². The standard InChI is InChI=1S/C18H20ClFN2O/c1-13-6-7-15(12-16(13)19)22-18(23)9-11-21-10-8-14-4-2-3-5-17(14)20/h2-7,12,21H,8-11H2,1H3,(H,22,23). The first kappa shape index (κ1) is 17.4. The molecule has 0 unspecified atom stereocenters. The van der Waals surface area contributed by atoms with E-state index in [-0.39, 0.29) is 11.7 Å². The zero-order valence-electron chi connectivity index (χ0n) is 13.0. The van der Waals surface area contributed by atoms with Gasteiger partial charge in [-0.25, -0.2) is 4.39 Å². The highest BCUT2D eigenvalue weighted by atomic mass is 35.5. The monoisotopic (exact) mass is 334 g/mol. The predicted octanol–water partition coefficient (Wildman–Crippen LogP) is 3.95. The predicted molar refractivity (Wildman–Crippen MR) is 92.4 cm³/mol. The maximum Gasteiger partial charge on any atom is 0.225 e. The van der Waals surface area contributed by atoms with E-state index in [1.165, 1.54) is 6.07 Å². The molecule has 0 spiro atoms. The van der Waals surface area contributed by atoms with Crippen LogP contribution in [0, 0.1) is 12.7 Å². The van der Waals surface area contributed by atoms with E-state index < -0.39 is 0 Å². The number of carbonyl (C=O) groups excluding carboxylic acids is 1. The molecule has 2 N–H and O–H groups in total. The van der Waals surface area contributed by atoms with E-state index >= 15 is 0 Å². The summed E-state index contributed by atoms with van der Waals surface area (Å²) in [6.45, 7) is 3.08. The number of hydrogen-bond donors (Lipinski definition) is 2. The van der Waals surface area contributed by atoms with Gasteiger partial charge in [0.1, 0.15) is 5.82 Å². The van der Waals surface area contributed by atoms with E-state index in [9.17, 15) is 9.18 Å². The van der Waals surface area contributed by atoms with Crippen molar-refractivity contribution < 1.29 is 9.18 Å². The van der Waals surface area contributed by atoms with Crippen LogP contribution in [-0.4, -0.2) is 19.0 Å². The van der Waals surface area contributed by atoms with Gasteiger partial charge in [-0.2, -0.15) is 0 Å². The van der Waals surface area contributed by atoms with E-state index in [1.54, 1.807) is 18.2 Å². The van der Waals surface area contributed by atoms with Gasteiger partial charge in [0.15, 0.2) is 0 Å². The molecule has 0 fully saturated rings. The minimum absolute atomic E-state index is 0.0803. The van der Waals surface area contributed by atoms with Crippen molar-refractivity contribution in [3.05, 3.63) is 64.4 Å². The van der Waals surface area contributed by atoms with Gasteiger partial charge < -0.3 is 10.6 Å². The van der Waals surface area contributed by atoms with Crippen LogP contribution in [-0.2, 0) is 11.2 Å². The first-order valence-electron chi connectivity index (χ1n) is 7.56. The van der Waals surface area contributed by atoms with Gasteiger partial charge in [-0.3, -0.25) is 4.79 Å². The molecule has 5 heteroatoms. The normalized spacial score (nSPS) is 10.6. The Morgan fingerprint density at radius 3 is 2.70 bits per heavy atom. The molecule has 0 radical (unpaired) electrons. The largest absolute Gasteiger partial charge is 0.326 e. The summed E-state index contributed by atoms with van der Waals surface area (Å²) in [6.07, 6.45) is 0.949. The average Bonchev–Trinajstić information content (AvgIpc) is 2.52. The Morgan fingerprint density at radius 1 is 1.17 bits per heavy atom. The van der Waals surface area contributed by atoms with Gasteiger partial charge in [-0.05, 0) is 49.2 Å². The Bertz CT molecular complexity index is 676. The maximum atomic E-state index is 13.4.